The van der Waals surface area contributed by atoms with E-state index in [1.165, 1.54) is 5.06 Å². The largest absolute Gasteiger partial charge is 0.352 e. The van der Waals surface area contributed by atoms with Crippen LogP contribution in [0.25, 0.3) is 0 Å². The predicted molar refractivity (Wildman–Crippen MR) is 98.5 cm³/mol. The number of nitrogens with one attached hydrogen (secondary N) is 2. The van der Waals surface area contributed by atoms with Crippen molar-refractivity contribution in [1.82, 2.24) is 15.4 Å². The lowest BCUT2D eigenvalue weighted by molar-refractivity contribution is -0.221. The molecule has 8 heteroatoms. The summed E-state index contributed by atoms with van der Waals surface area (Å²) in [6.07, 6.45) is 5.72. The van der Waals surface area contributed by atoms with Gasteiger partial charge in [0.2, 0.25) is 12.2 Å². The zero-order valence-electron chi connectivity index (χ0n) is 15.0. The number of pyridine rings is 1. The number of halogens is 1. The highest BCUT2D eigenvalue weighted by molar-refractivity contribution is 6.32. The second-order valence-corrected chi connectivity index (χ2v) is 7.91. The number of aliphatic imine (C=N–C) groups is 1. The van der Waals surface area contributed by atoms with Crippen molar-refractivity contribution in [2.75, 3.05) is 5.32 Å². The van der Waals surface area contributed by atoms with Crippen LogP contribution in [-0.2, 0) is 0 Å². The first-order valence-corrected chi connectivity index (χ1v) is 8.63. The van der Waals surface area contributed by atoms with Gasteiger partial charge < -0.3 is 15.8 Å². The van der Waals surface area contributed by atoms with Gasteiger partial charge in [0, 0.05) is 23.3 Å². The SMILES string of the molecule is CC1(C)CCC(NC(=NC#N)Nc2cccnc2Cl)CC(C)(C)N1O. The standard InChI is InChI=1S/C17H25ClN6O/c1-16(2)8-7-12(10-17(3,4)24(16)25)22-15(21-11-19)23-13-6-5-9-20-14(13)18/h5-6,9,12,25H,7-8,10H2,1-4H3,(H2,21,22,23). The summed E-state index contributed by atoms with van der Waals surface area (Å²) in [5.74, 6) is 0.322. The van der Waals surface area contributed by atoms with Gasteiger partial charge in [-0.15, -0.1) is 4.99 Å². The maximum absolute atomic E-state index is 10.6. The molecule has 1 saturated heterocycles. The van der Waals surface area contributed by atoms with E-state index in [2.05, 4.69) is 20.6 Å². The molecule has 0 aliphatic carbocycles. The maximum Gasteiger partial charge on any atom is 0.212 e. The molecule has 3 N–H and O–H groups in total. The number of nitriles is 1. The summed E-state index contributed by atoms with van der Waals surface area (Å²) in [4.78, 5) is 7.83. The topological polar surface area (TPSA) is 96.6 Å². The van der Waals surface area contributed by atoms with Crippen molar-refractivity contribution < 1.29 is 5.21 Å². The van der Waals surface area contributed by atoms with Gasteiger partial charge in [0.05, 0.1) is 5.69 Å². The first kappa shape index (κ1) is 19.4. The zero-order valence-corrected chi connectivity index (χ0v) is 15.8. The molecule has 0 spiro atoms. The monoisotopic (exact) mass is 364 g/mol. The Hall–Kier alpha value is -1.88. The van der Waals surface area contributed by atoms with Gasteiger partial charge in [0.1, 0.15) is 0 Å². The molecule has 1 aromatic rings. The fraction of sp³-hybridized carbons (Fsp3) is 0.588. The number of hydrogen-bond acceptors (Lipinski definition) is 5. The van der Waals surface area contributed by atoms with Crippen LogP contribution in [0.1, 0.15) is 47.0 Å². The molecule has 2 rings (SSSR count). The zero-order chi connectivity index (χ0) is 18.7. The molecule has 1 fully saturated rings. The van der Waals surface area contributed by atoms with E-state index in [0.29, 0.717) is 23.2 Å². The minimum absolute atomic E-state index is 0.0430. The maximum atomic E-state index is 10.6. The predicted octanol–water partition coefficient (Wildman–Crippen LogP) is 3.37. The van der Waals surface area contributed by atoms with Crippen LogP contribution in [0.5, 0.6) is 0 Å². The average molecular weight is 365 g/mol. The summed E-state index contributed by atoms with van der Waals surface area (Å²) in [6, 6.07) is 3.56. The molecule has 0 saturated carbocycles. The Morgan fingerprint density at radius 2 is 2.16 bits per heavy atom. The van der Waals surface area contributed by atoms with Gasteiger partial charge in [0.15, 0.2) is 5.15 Å². The van der Waals surface area contributed by atoms with Crippen molar-refractivity contribution in [3.63, 3.8) is 0 Å². The fourth-order valence-corrected chi connectivity index (χ4v) is 3.48. The van der Waals surface area contributed by atoms with E-state index >= 15 is 0 Å². The third-order valence-corrected chi connectivity index (χ3v) is 4.81. The van der Waals surface area contributed by atoms with Gasteiger partial charge >= 0.3 is 0 Å². The van der Waals surface area contributed by atoms with Crippen molar-refractivity contribution in [1.29, 1.82) is 5.26 Å². The van der Waals surface area contributed by atoms with Crippen LogP contribution in [0.3, 0.4) is 0 Å². The Bertz CT molecular complexity index is 682. The lowest BCUT2D eigenvalue weighted by Crippen LogP contribution is -2.53. The summed E-state index contributed by atoms with van der Waals surface area (Å²) in [5.41, 5.74) is -0.170. The second kappa shape index (κ2) is 7.56. The molecule has 1 aliphatic heterocycles. The number of guanidine groups is 1. The number of aromatic nitrogens is 1. The summed E-state index contributed by atoms with van der Waals surface area (Å²) in [5, 5.41) is 27.6. The molecule has 1 atom stereocenters. The van der Waals surface area contributed by atoms with Crippen molar-refractivity contribution in [3.8, 4) is 6.19 Å². The smallest absolute Gasteiger partial charge is 0.212 e. The van der Waals surface area contributed by atoms with Crippen LogP contribution < -0.4 is 10.6 Å². The van der Waals surface area contributed by atoms with E-state index in [1.807, 2.05) is 27.7 Å². The summed E-state index contributed by atoms with van der Waals surface area (Å²) < 4.78 is 0. The Kier molecular flexibility index (Phi) is 5.88. The van der Waals surface area contributed by atoms with Crippen LogP contribution in [0.15, 0.2) is 23.3 Å². The van der Waals surface area contributed by atoms with Gasteiger partial charge in [-0.05, 0) is 59.1 Å². The van der Waals surface area contributed by atoms with Crippen LogP contribution in [0.2, 0.25) is 5.15 Å². The lowest BCUT2D eigenvalue weighted by Gasteiger charge is -2.42. The van der Waals surface area contributed by atoms with E-state index in [-0.39, 0.29) is 11.6 Å². The van der Waals surface area contributed by atoms with Gasteiger partial charge in [0.25, 0.3) is 0 Å². The Balaban J connectivity index is 2.16. The Labute approximate surface area is 153 Å². The molecule has 0 bridgehead atoms. The lowest BCUT2D eigenvalue weighted by atomic mass is 9.94. The summed E-state index contributed by atoms with van der Waals surface area (Å²) in [7, 11) is 0. The molecule has 7 nitrogen and oxygen atoms in total. The summed E-state index contributed by atoms with van der Waals surface area (Å²) in [6.45, 7) is 8.05. The van der Waals surface area contributed by atoms with E-state index in [9.17, 15) is 5.21 Å². The van der Waals surface area contributed by atoms with Crippen LogP contribution in [0.4, 0.5) is 5.69 Å². The molecular formula is C17H25ClN6O. The van der Waals surface area contributed by atoms with Gasteiger partial charge in [-0.1, -0.05) is 11.6 Å². The van der Waals surface area contributed by atoms with Crippen molar-refractivity contribution in [2.24, 2.45) is 4.99 Å². The molecule has 0 amide bonds. The number of nitrogens with zero attached hydrogens (tertiary/aromatic N) is 4. The first-order chi connectivity index (χ1) is 11.7. The molecule has 1 aromatic heterocycles. The third kappa shape index (κ3) is 4.82. The molecule has 1 aliphatic rings. The first-order valence-electron chi connectivity index (χ1n) is 8.26. The van der Waals surface area contributed by atoms with E-state index in [1.54, 1.807) is 24.5 Å². The second-order valence-electron chi connectivity index (χ2n) is 7.55. The van der Waals surface area contributed by atoms with E-state index in [4.69, 9.17) is 16.9 Å². The fourth-order valence-electron chi connectivity index (χ4n) is 3.31. The van der Waals surface area contributed by atoms with E-state index in [0.717, 1.165) is 12.8 Å². The van der Waals surface area contributed by atoms with Crippen LogP contribution in [-0.4, -0.2) is 38.3 Å². The highest BCUT2D eigenvalue weighted by Crippen LogP contribution is 2.35. The highest BCUT2D eigenvalue weighted by atomic mass is 35.5. The Morgan fingerprint density at radius 1 is 1.44 bits per heavy atom. The molecule has 2 heterocycles. The molecule has 0 aromatic carbocycles. The van der Waals surface area contributed by atoms with Crippen molar-refractivity contribution in [2.45, 2.75) is 64.1 Å². The molecule has 25 heavy (non-hydrogen) atoms. The molecule has 136 valence electrons. The van der Waals surface area contributed by atoms with Crippen LogP contribution >= 0.6 is 11.6 Å². The van der Waals surface area contributed by atoms with Gasteiger partial charge in [-0.25, -0.2) is 4.98 Å². The summed E-state index contributed by atoms with van der Waals surface area (Å²) >= 11 is 6.06. The average Bonchev–Trinajstić information content (AvgIpc) is 2.60. The quantitative estimate of drug-likeness (QED) is 0.322. The highest BCUT2D eigenvalue weighted by Gasteiger charge is 2.42. The Morgan fingerprint density at radius 3 is 2.80 bits per heavy atom. The van der Waals surface area contributed by atoms with Crippen molar-refractivity contribution >= 4 is 23.2 Å². The van der Waals surface area contributed by atoms with E-state index < -0.39 is 5.54 Å². The molecular weight excluding hydrogens is 340 g/mol. The number of rotatable bonds is 2. The van der Waals surface area contributed by atoms with Crippen molar-refractivity contribution in [3.05, 3.63) is 23.5 Å². The normalized spacial score (nSPS) is 23.4. The minimum atomic E-state index is -0.415. The third-order valence-electron chi connectivity index (χ3n) is 4.51. The molecule has 0 radical (unpaired) electrons. The number of hydrogen-bond donors (Lipinski definition) is 3. The van der Waals surface area contributed by atoms with Gasteiger partial charge in [-0.3, -0.25) is 0 Å². The van der Waals surface area contributed by atoms with Crippen LogP contribution in [0, 0.1) is 11.5 Å². The molecule has 1 unspecified atom stereocenters. The minimum Gasteiger partial charge on any atom is -0.352 e. The number of hydroxylamine groups is 2. The number of anilines is 1. The van der Waals surface area contributed by atoms with Gasteiger partial charge in [-0.2, -0.15) is 10.3 Å².